The summed E-state index contributed by atoms with van der Waals surface area (Å²) in [5, 5.41) is 4.46. The van der Waals surface area contributed by atoms with E-state index in [1.807, 2.05) is 0 Å². The Bertz CT molecular complexity index is 523. The van der Waals surface area contributed by atoms with Crippen LogP contribution in [0, 0.1) is 0 Å². The van der Waals surface area contributed by atoms with E-state index >= 15 is 0 Å². The Hall–Kier alpha value is -1.81. The molecule has 2 aromatic rings. The summed E-state index contributed by atoms with van der Waals surface area (Å²) in [4.78, 5) is 11.7. The van der Waals surface area contributed by atoms with Gasteiger partial charge in [-0.2, -0.15) is 5.10 Å². The van der Waals surface area contributed by atoms with Crippen molar-refractivity contribution in [3.05, 3.63) is 47.2 Å². The first kappa shape index (κ1) is 11.7. The van der Waals surface area contributed by atoms with E-state index in [0.29, 0.717) is 17.2 Å². The first-order chi connectivity index (χ1) is 8.22. The Morgan fingerprint density at radius 1 is 1.53 bits per heavy atom. The maximum absolute atomic E-state index is 11.7. The van der Waals surface area contributed by atoms with E-state index in [9.17, 15) is 4.79 Å². The molecule has 1 aromatic carbocycles. The number of hydrogen-bond donors (Lipinski definition) is 0. The first-order valence-corrected chi connectivity index (χ1v) is 5.57. The smallest absolute Gasteiger partial charge is 0.339 e. The molecule has 17 heavy (non-hydrogen) atoms. The Morgan fingerprint density at radius 3 is 3.00 bits per heavy atom. The zero-order valence-corrected chi connectivity index (χ0v) is 10.0. The lowest BCUT2D eigenvalue weighted by Crippen LogP contribution is -2.06. The molecule has 0 aliphatic carbocycles. The Balaban J connectivity index is 2.39. The number of esters is 1. The molecule has 4 nitrogen and oxygen atoms in total. The number of hydrogen-bond acceptors (Lipinski definition) is 3. The van der Waals surface area contributed by atoms with Crippen LogP contribution in [-0.4, -0.2) is 22.4 Å². The van der Waals surface area contributed by atoms with Gasteiger partial charge in [0.05, 0.1) is 22.9 Å². The van der Waals surface area contributed by atoms with Crippen LogP contribution in [0.3, 0.4) is 0 Å². The summed E-state index contributed by atoms with van der Waals surface area (Å²) in [6.07, 6.45) is 3.46. The third kappa shape index (κ3) is 2.47. The van der Waals surface area contributed by atoms with Gasteiger partial charge in [-0.25, -0.2) is 9.48 Å². The second-order valence-corrected chi connectivity index (χ2v) is 3.74. The van der Waals surface area contributed by atoms with Crippen molar-refractivity contribution < 1.29 is 9.53 Å². The molecule has 88 valence electrons. The average molecular weight is 251 g/mol. The Morgan fingerprint density at radius 2 is 2.35 bits per heavy atom. The van der Waals surface area contributed by atoms with Crippen molar-refractivity contribution >= 4 is 17.6 Å². The number of rotatable bonds is 3. The van der Waals surface area contributed by atoms with E-state index in [-0.39, 0.29) is 0 Å². The highest BCUT2D eigenvalue weighted by molar-refractivity contribution is 6.33. The number of benzene rings is 1. The predicted molar refractivity (Wildman–Crippen MR) is 64.5 cm³/mol. The minimum atomic E-state index is -0.425. The van der Waals surface area contributed by atoms with Gasteiger partial charge in [0.2, 0.25) is 0 Å². The van der Waals surface area contributed by atoms with Gasteiger partial charge >= 0.3 is 5.97 Å². The van der Waals surface area contributed by atoms with Crippen LogP contribution >= 0.6 is 11.6 Å². The third-order valence-corrected chi connectivity index (χ3v) is 2.54. The fourth-order valence-corrected chi connectivity index (χ4v) is 1.64. The molecule has 2 rings (SSSR count). The molecule has 1 heterocycles. The minimum absolute atomic E-state index is 0.321. The van der Waals surface area contributed by atoms with Crippen molar-refractivity contribution in [1.29, 1.82) is 0 Å². The summed E-state index contributed by atoms with van der Waals surface area (Å²) < 4.78 is 6.58. The zero-order valence-electron chi connectivity index (χ0n) is 9.26. The minimum Gasteiger partial charge on any atom is -0.462 e. The summed E-state index contributed by atoms with van der Waals surface area (Å²) >= 11 is 5.96. The van der Waals surface area contributed by atoms with Crippen LogP contribution in [0.4, 0.5) is 0 Å². The summed E-state index contributed by atoms with van der Waals surface area (Å²) in [5.74, 6) is -0.425. The van der Waals surface area contributed by atoms with Crippen molar-refractivity contribution in [2.75, 3.05) is 6.61 Å². The largest absolute Gasteiger partial charge is 0.462 e. The van der Waals surface area contributed by atoms with Crippen LogP contribution in [0.1, 0.15) is 17.3 Å². The second-order valence-electron chi connectivity index (χ2n) is 3.34. The maximum atomic E-state index is 11.7. The SMILES string of the molecule is CCOC(=O)c1cc(-n2cccn2)ccc1Cl. The standard InChI is InChI=1S/C12H11ClN2O2/c1-2-17-12(16)10-8-9(4-5-11(10)13)15-7-3-6-14-15/h3-8H,2H2,1H3. The molecule has 0 spiro atoms. The van der Waals surface area contributed by atoms with E-state index in [1.54, 1.807) is 48.3 Å². The van der Waals surface area contributed by atoms with Gasteiger partial charge in [0, 0.05) is 12.4 Å². The molecule has 0 unspecified atom stereocenters. The van der Waals surface area contributed by atoms with E-state index < -0.39 is 5.97 Å². The molecule has 1 aromatic heterocycles. The summed E-state index contributed by atoms with van der Waals surface area (Å²) in [5.41, 5.74) is 1.11. The number of carbonyl (C=O) groups is 1. The molecule has 0 radical (unpaired) electrons. The van der Waals surface area contributed by atoms with Gasteiger partial charge in [-0.05, 0) is 31.2 Å². The lowest BCUT2D eigenvalue weighted by atomic mass is 10.2. The highest BCUT2D eigenvalue weighted by Crippen LogP contribution is 2.20. The molecule has 0 amide bonds. The van der Waals surface area contributed by atoms with Gasteiger partial charge in [0.1, 0.15) is 0 Å². The summed E-state index contributed by atoms with van der Waals surface area (Å²) in [7, 11) is 0. The van der Waals surface area contributed by atoms with Gasteiger partial charge in [0.15, 0.2) is 0 Å². The average Bonchev–Trinajstić information content (AvgIpc) is 2.83. The van der Waals surface area contributed by atoms with E-state index in [1.165, 1.54) is 0 Å². The molecule has 0 bridgehead atoms. The number of ether oxygens (including phenoxy) is 1. The van der Waals surface area contributed by atoms with Gasteiger partial charge < -0.3 is 4.74 Å². The third-order valence-electron chi connectivity index (χ3n) is 2.21. The lowest BCUT2D eigenvalue weighted by Gasteiger charge is -2.07. The Labute approximate surface area is 104 Å². The van der Waals surface area contributed by atoms with Gasteiger partial charge in [-0.1, -0.05) is 11.6 Å². The molecule has 0 atom stereocenters. The Kier molecular flexibility index (Phi) is 3.44. The fraction of sp³-hybridized carbons (Fsp3) is 0.167. The second kappa shape index (κ2) is 5.01. The van der Waals surface area contributed by atoms with E-state index in [4.69, 9.17) is 16.3 Å². The van der Waals surface area contributed by atoms with Gasteiger partial charge in [0.25, 0.3) is 0 Å². The molecular formula is C12H11ClN2O2. The topological polar surface area (TPSA) is 44.1 Å². The molecule has 0 fully saturated rings. The number of nitrogens with zero attached hydrogens (tertiary/aromatic N) is 2. The van der Waals surface area contributed by atoms with Crippen LogP contribution in [0.15, 0.2) is 36.7 Å². The van der Waals surface area contributed by atoms with Crippen molar-refractivity contribution in [2.24, 2.45) is 0 Å². The van der Waals surface area contributed by atoms with Crippen molar-refractivity contribution in [1.82, 2.24) is 9.78 Å². The highest BCUT2D eigenvalue weighted by Gasteiger charge is 2.12. The fourth-order valence-electron chi connectivity index (χ4n) is 1.44. The number of halogens is 1. The number of carbonyl (C=O) groups excluding carboxylic acids is 1. The van der Waals surface area contributed by atoms with E-state index in [0.717, 1.165) is 5.69 Å². The van der Waals surface area contributed by atoms with Crippen LogP contribution in [0.5, 0.6) is 0 Å². The van der Waals surface area contributed by atoms with Crippen molar-refractivity contribution in [3.63, 3.8) is 0 Å². The highest BCUT2D eigenvalue weighted by atomic mass is 35.5. The van der Waals surface area contributed by atoms with Crippen molar-refractivity contribution in [3.8, 4) is 5.69 Å². The molecule has 0 aliphatic rings. The maximum Gasteiger partial charge on any atom is 0.339 e. The van der Waals surface area contributed by atoms with Crippen LogP contribution in [-0.2, 0) is 4.74 Å². The summed E-state index contributed by atoms with van der Waals surface area (Å²) in [6, 6.07) is 6.91. The molecule has 0 saturated heterocycles. The van der Waals surface area contributed by atoms with Crippen LogP contribution < -0.4 is 0 Å². The lowest BCUT2D eigenvalue weighted by molar-refractivity contribution is 0.0526. The molecule has 0 aliphatic heterocycles. The van der Waals surface area contributed by atoms with Crippen LogP contribution in [0.25, 0.3) is 5.69 Å². The number of aromatic nitrogens is 2. The molecular weight excluding hydrogens is 240 g/mol. The van der Waals surface area contributed by atoms with E-state index in [2.05, 4.69) is 5.10 Å². The summed E-state index contributed by atoms with van der Waals surface area (Å²) in [6.45, 7) is 2.07. The molecule has 0 saturated carbocycles. The van der Waals surface area contributed by atoms with Crippen LogP contribution in [0.2, 0.25) is 5.02 Å². The molecule has 0 N–H and O–H groups in total. The van der Waals surface area contributed by atoms with Crippen molar-refractivity contribution in [2.45, 2.75) is 6.92 Å². The van der Waals surface area contributed by atoms with Gasteiger partial charge in [-0.15, -0.1) is 0 Å². The quantitative estimate of drug-likeness (QED) is 0.787. The molecule has 5 heteroatoms. The predicted octanol–water partition coefficient (Wildman–Crippen LogP) is 2.70. The first-order valence-electron chi connectivity index (χ1n) is 5.19. The zero-order chi connectivity index (χ0) is 12.3. The normalized spacial score (nSPS) is 10.2. The monoisotopic (exact) mass is 250 g/mol. The van der Waals surface area contributed by atoms with Gasteiger partial charge in [-0.3, -0.25) is 0 Å².